The van der Waals surface area contributed by atoms with Gasteiger partial charge in [0.25, 0.3) is 0 Å². The highest BCUT2D eigenvalue weighted by Crippen LogP contribution is 2.45. The van der Waals surface area contributed by atoms with Gasteiger partial charge in [-0.25, -0.2) is 9.13 Å². The zero-order chi connectivity index (χ0) is 65.2. The molecular formula is C69H134O17P2. The van der Waals surface area contributed by atoms with Gasteiger partial charge >= 0.3 is 39.5 Å². The maximum absolute atomic E-state index is 13.0. The number of unbranched alkanes of at least 4 members (excludes halogenated alkanes) is 35. The monoisotopic (exact) mass is 1300 g/mol. The Morgan fingerprint density at radius 2 is 0.523 bits per heavy atom. The van der Waals surface area contributed by atoms with Crippen LogP contribution in [-0.4, -0.2) is 96.7 Å². The number of hydrogen-bond acceptors (Lipinski definition) is 15. The van der Waals surface area contributed by atoms with Crippen LogP contribution < -0.4 is 0 Å². The number of ether oxygens (including phenoxy) is 4. The van der Waals surface area contributed by atoms with Crippen LogP contribution in [0.5, 0.6) is 0 Å². The number of aliphatic hydroxyl groups is 1. The number of rotatable bonds is 67. The molecule has 17 nitrogen and oxygen atoms in total. The first kappa shape index (κ1) is 86.1. The van der Waals surface area contributed by atoms with Crippen LogP contribution in [0.2, 0.25) is 0 Å². The van der Waals surface area contributed by atoms with Gasteiger partial charge in [-0.15, -0.1) is 0 Å². The van der Waals surface area contributed by atoms with Crippen molar-refractivity contribution in [3.63, 3.8) is 0 Å². The first-order chi connectivity index (χ1) is 42.2. The third-order valence-corrected chi connectivity index (χ3v) is 17.8. The molecule has 0 amide bonds. The van der Waals surface area contributed by atoms with E-state index in [0.717, 1.165) is 102 Å². The lowest BCUT2D eigenvalue weighted by atomic mass is 10.0. The van der Waals surface area contributed by atoms with Crippen LogP contribution in [0.25, 0.3) is 0 Å². The number of phosphoric acid groups is 2. The van der Waals surface area contributed by atoms with Crippen molar-refractivity contribution in [3.8, 4) is 0 Å². The Hall–Kier alpha value is -1.94. The number of hydrogen-bond donors (Lipinski definition) is 3. The van der Waals surface area contributed by atoms with E-state index in [0.29, 0.717) is 37.5 Å². The van der Waals surface area contributed by atoms with Crippen LogP contribution in [0, 0.1) is 17.8 Å². The van der Waals surface area contributed by atoms with Crippen molar-refractivity contribution in [2.75, 3.05) is 39.6 Å². The Labute approximate surface area is 537 Å². The largest absolute Gasteiger partial charge is 0.472 e. The minimum atomic E-state index is -4.95. The molecule has 0 aromatic heterocycles. The lowest BCUT2D eigenvalue weighted by molar-refractivity contribution is -0.161. The highest BCUT2D eigenvalue weighted by molar-refractivity contribution is 7.47. The maximum Gasteiger partial charge on any atom is 0.472 e. The quantitative estimate of drug-likeness (QED) is 0.0222. The first-order valence-corrected chi connectivity index (χ1v) is 38.8. The lowest BCUT2D eigenvalue weighted by Crippen LogP contribution is -2.30. The van der Waals surface area contributed by atoms with E-state index in [9.17, 15) is 43.2 Å². The second kappa shape index (κ2) is 60.0. The van der Waals surface area contributed by atoms with Crippen LogP contribution in [0.15, 0.2) is 0 Å². The second-order valence-electron chi connectivity index (χ2n) is 26.3. The fourth-order valence-corrected chi connectivity index (χ4v) is 11.9. The molecule has 0 aliphatic rings. The van der Waals surface area contributed by atoms with Crippen molar-refractivity contribution in [2.24, 2.45) is 17.8 Å². The van der Waals surface area contributed by atoms with Gasteiger partial charge in [-0.1, -0.05) is 292 Å². The van der Waals surface area contributed by atoms with Gasteiger partial charge in [0.15, 0.2) is 12.2 Å². The molecule has 522 valence electrons. The van der Waals surface area contributed by atoms with Crippen molar-refractivity contribution >= 4 is 39.5 Å². The van der Waals surface area contributed by atoms with E-state index in [2.05, 4.69) is 48.5 Å². The minimum Gasteiger partial charge on any atom is -0.462 e. The van der Waals surface area contributed by atoms with Crippen molar-refractivity contribution in [1.82, 2.24) is 0 Å². The standard InChI is InChI=1S/C69H134O17P2/c1-8-9-10-11-12-13-14-15-16-17-18-21-25-28-38-45-52-68(73)85-64(56-79-66(71)50-43-36-27-24-22-19-20-23-26-33-40-47-60(2)3)58-83-87(75,76)81-54-63(70)55-82-88(77,78)84-59-65(86-69(74)53-46-39-32-30-35-42-49-62(6)7)57-80-67(72)51-44-37-31-29-34-41-48-61(4)5/h60-65,70H,8-59H2,1-7H3,(H,75,76)(H,77,78)/t63-,64-,65-/m1/s1. The summed E-state index contributed by atoms with van der Waals surface area (Å²) in [7, 11) is -9.90. The van der Waals surface area contributed by atoms with Gasteiger partial charge in [0.1, 0.15) is 19.3 Å². The molecule has 0 bridgehead atoms. The predicted molar refractivity (Wildman–Crippen MR) is 354 cm³/mol. The summed E-state index contributed by atoms with van der Waals surface area (Å²) in [5.74, 6) is -0.0134. The third kappa shape index (κ3) is 62.8. The van der Waals surface area contributed by atoms with E-state index in [4.69, 9.17) is 37.0 Å². The molecule has 0 aliphatic heterocycles. The summed E-state index contributed by atoms with van der Waals surface area (Å²) in [6.45, 7) is 11.7. The van der Waals surface area contributed by atoms with E-state index >= 15 is 0 Å². The molecule has 0 aromatic carbocycles. The van der Waals surface area contributed by atoms with Gasteiger partial charge in [-0.05, 0) is 43.4 Å². The molecule has 19 heteroatoms. The van der Waals surface area contributed by atoms with E-state index in [1.165, 1.54) is 148 Å². The van der Waals surface area contributed by atoms with Crippen molar-refractivity contribution < 1.29 is 80.2 Å². The van der Waals surface area contributed by atoms with E-state index < -0.39 is 97.5 Å². The summed E-state index contributed by atoms with van der Waals surface area (Å²) in [5.41, 5.74) is 0. The molecular weight excluding hydrogens is 1160 g/mol. The summed E-state index contributed by atoms with van der Waals surface area (Å²) < 4.78 is 68.2. The number of carbonyl (C=O) groups excluding carboxylic acids is 4. The van der Waals surface area contributed by atoms with E-state index in [1.54, 1.807) is 0 Å². The lowest BCUT2D eigenvalue weighted by Gasteiger charge is -2.21. The third-order valence-electron chi connectivity index (χ3n) is 15.9. The van der Waals surface area contributed by atoms with E-state index in [-0.39, 0.29) is 25.7 Å². The topological polar surface area (TPSA) is 237 Å². The fraction of sp³-hybridized carbons (Fsp3) is 0.942. The Morgan fingerprint density at radius 3 is 0.773 bits per heavy atom. The maximum atomic E-state index is 13.0. The summed E-state index contributed by atoms with van der Waals surface area (Å²) in [6.07, 6.45) is 43.4. The average Bonchev–Trinajstić information content (AvgIpc) is 3.32. The van der Waals surface area contributed by atoms with Crippen molar-refractivity contribution in [1.29, 1.82) is 0 Å². The molecule has 0 radical (unpaired) electrons. The molecule has 0 saturated heterocycles. The summed E-state index contributed by atoms with van der Waals surface area (Å²) in [4.78, 5) is 72.4. The Bertz CT molecular complexity index is 1730. The SMILES string of the molecule is CCCCCCCCCCCCCCCCCCC(=O)O[C@H](COC(=O)CCCCCCCCCCCCCC(C)C)COP(=O)(O)OC[C@@H](O)COP(=O)(O)OC[C@@H](COC(=O)CCCCCCCCC(C)C)OC(=O)CCCCCCCCC(C)C. The zero-order valence-electron chi connectivity index (χ0n) is 57.2. The van der Waals surface area contributed by atoms with Gasteiger partial charge in [-0.3, -0.25) is 37.3 Å². The first-order valence-electron chi connectivity index (χ1n) is 35.8. The number of carbonyl (C=O) groups is 4. The van der Waals surface area contributed by atoms with Gasteiger partial charge in [0, 0.05) is 25.7 Å². The molecule has 5 atom stereocenters. The fourth-order valence-electron chi connectivity index (χ4n) is 10.4. The smallest absolute Gasteiger partial charge is 0.462 e. The summed E-state index contributed by atoms with van der Waals surface area (Å²) in [5, 5.41) is 10.6. The highest BCUT2D eigenvalue weighted by atomic mass is 31.2. The van der Waals surface area contributed by atoms with Gasteiger partial charge in [0.2, 0.25) is 0 Å². The highest BCUT2D eigenvalue weighted by Gasteiger charge is 2.30. The number of esters is 4. The Kier molecular flexibility index (Phi) is 58.7. The molecule has 0 heterocycles. The predicted octanol–water partition coefficient (Wildman–Crippen LogP) is 19.5. The summed E-state index contributed by atoms with van der Waals surface area (Å²) >= 11 is 0. The molecule has 0 aromatic rings. The molecule has 88 heavy (non-hydrogen) atoms. The van der Waals surface area contributed by atoms with Crippen molar-refractivity contribution in [3.05, 3.63) is 0 Å². The Morgan fingerprint density at radius 1 is 0.307 bits per heavy atom. The molecule has 3 N–H and O–H groups in total. The number of aliphatic hydroxyl groups excluding tert-OH is 1. The Balaban J connectivity index is 5.22. The molecule has 0 rings (SSSR count). The van der Waals surface area contributed by atoms with Crippen LogP contribution in [0.3, 0.4) is 0 Å². The van der Waals surface area contributed by atoms with Gasteiger partial charge < -0.3 is 33.8 Å². The van der Waals surface area contributed by atoms with Crippen LogP contribution >= 0.6 is 15.6 Å². The van der Waals surface area contributed by atoms with Crippen LogP contribution in [0.4, 0.5) is 0 Å². The second-order valence-corrected chi connectivity index (χ2v) is 29.3. The number of phosphoric ester groups is 2. The van der Waals surface area contributed by atoms with Crippen molar-refractivity contribution in [2.45, 2.75) is 362 Å². The van der Waals surface area contributed by atoms with Crippen LogP contribution in [-0.2, 0) is 65.4 Å². The molecule has 0 spiro atoms. The minimum absolute atomic E-state index is 0.101. The zero-order valence-corrected chi connectivity index (χ0v) is 59.0. The van der Waals surface area contributed by atoms with Gasteiger partial charge in [-0.2, -0.15) is 0 Å². The molecule has 0 aliphatic carbocycles. The normalized spacial score (nSPS) is 14.2. The average molecular weight is 1300 g/mol. The molecule has 0 fully saturated rings. The van der Waals surface area contributed by atoms with Crippen LogP contribution in [0.1, 0.15) is 344 Å². The summed E-state index contributed by atoms with van der Waals surface area (Å²) in [6, 6.07) is 0. The molecule has 0 saturated carbocycles. The molecule has 2 unspecified atom stereocenters. The van der Waals surface area contributed by atoms with Gasteiger partial charge in [0.05, 0.1) is 26.4 Å². The van der Waals surface area contributed by atoms with E-state index in [1.807, 2.05) is 0 Å².